The molecular weight excluding hydrogens is 401 g/mol. The molecule has 2 aromatic rings. The van der Waals surface area contributed by atoms with E-state index in [0.717, 1.165) is 18.5 Å². The Labute approximate surface area is 171 Å². The van der Waals surface area contributed by atoms with Crippen LogP contribution in [0.25, 0.3) is 0 Å². The van der Waals surface area contributed by atoms with Crippen molar-refractivity contribution in [2.24, 2.45) is 0 Å². The monoisotopic (exact) mass is 419 g/mol. The molecule has 8 heteroatoms. The van der Waals surface area contributed by atoms with Crippen molar-refractivity contribution in [2.75, 3.05) is 16.4 Å². The van der Waals surface area contributed by atoms with Crippen LogP contribution in [0.4, 0.5) is 15.8 Å². The van der Waals surface area contributed by atoms with Crippen molar-refractivity contribution < 1.29 is 14.0 Å². The van der Waals surface area contributed by atoms with E-state index in [9.17, 15) is 14.0 Å². The van der Waals surface area contributed by atoms with Gasteiger partial charge in [-0.05, 0) is 43.2 Å². The number of halogens is 2. The van der Waals surface area contributed by atoms with Gasteiger partial charge < -0.3 is 16.0 Å². The van der Waals surface area contributed by atoms with Crippen LogP contribution in [0.1, 0.15) is 28.8 Å². The van der Waals surface area contributed by atoms with Crippen LogP contribution in [-0.4, -0.2) is 29.7 Å². The Balaban J connectivity index is 1.38. The standard InChI is InChI=1S/C20H19ClFN3O2S/c21-14-2-1-3-15(22)13(14)9-28-10-18-20(27)25-17-8-11(4-7-16(17)24-18)19(26)23-12-5-6-12/h1-4,7-8,12,18,24H,5-6,9-10H2,(H,23,26)(H,25,27). The van der Waals surface area contributed by atoms with Crippen LogP contribution >= 0.6 is 23.4 Å². The maximum absolute atomic E-state index is 13.9. The molecule has 146 valence electrons. The lowest BCUT2D eigenvalue weighted by Crippen LogP contribution is -2.40. The number of amides is 2. The van der Waals surface area contributed by atoms with Crippen molar-refractivity contribution in [1.29, 1.82) is 0 Å². The molecule has 1 heterocycles. The molecule has 1 fully saturated rings. The zero-order valence-corrected chi connectivity index (χ0v) is 16.5. The number of anilines is 2. The van der Waals surface area contributed by atoms with E-state index in [-0.39, 0.29) is 23.7 Å². The van der Waals surface area contributed by atoms with Crippen LogP contribution < -0.4 is 16.0 Å². The van der Waals surface area contributed by atoms with Gasteiger partial charge in [-0.25, -0.2) is 4.39 Å². The van der Waals surface area contributed by atoms with E-state index in [4.69, 9.17) is 11.6 Å². The SMILES string of the molecule is O=C(NC1CC1)c1ccc2c(c1)NC(=O)C(CSCc1c(F)cccc1Cl)N2. The van der Waals surface area contributed by atoms with Crippen molar-refractivity contribution in [3.63, 3.8) is 0 Å². The van der Waals surface area contributed by atoms with Gasteiger partial charge in [0, 0.05) is 33.7 Å². The normalized spacial score (nSPS) is 18.1. The first-order valence-electron chi connectivity index (χ1n) is 9.04. The number of carbonyl (C=O) groups is 2. The van der Waals surface area contributed by atoms with Crippen LogP contribution in [0.15, 0.2) is 36.4 Å². The molecule has 2 aromatic carbocycles. The molecule has 1 atom stereocenters. The molecular formula is C20H19ClFN3O2S. The van der Waals surface area contributed by atoms with Crippen molar-refractivity contribution in [3.05, 3.63) is 58.4 Å². The highest BCUT2D eigenvalue weighted by Crippen LogP contribution is 2.30. The molecule has 1 unspecified atom stereocenters. The van der Waals surface area contributed by atoms with Crippen LogP contribution in [0, 0.1) is 5.82 Å². The third kappa shape index (κ3) is 4.25. The summed E-state index contributed by atoms with van der Waals surface area (Å²) in [5.41, 5.74) is 2.32. The molecule has 0 bridgehead atoms. The number of hydrogen-bond acceptors (Lipinski definition) is 4. The second kappa shape index (κ2) is 8.01. The molecule has 0 saturated heterocycles. The van der Waals surface area contributed by atoms with Gasteiger partial charge in [-0.1, -0.05) is 17.7 Å². The highest BCUT2D eigenvalue weighted by atomic mass is 35.5. The predicted molar refractivity (Wildman–Crippen MR) is 111 cm³/mol. The fraction of sp³-hybridized carbons (Fsp3) is 0.300. The highest BCUT2D eigenvalue weighted by Gasteiger charge is 2.27. The quantitative estimate of drug-likeness (QED) is 0.661. The predicted octanol–water partition coefficient (Wildman–Crippen LogP) is 4.04. The molecule has 0 spiro atoms. The van der Waals surface area contributed by atoms with Gasteiger partial charge in [0.2, 0.25) is 5.91 Å². The Hall–Kier alpha value is -2.25. The lowest BCUT2D eigenvalue weighted by molar-refractivity contribution is -0.116. The average molecular weight is 420 g/mol. The fourth-order valence-corrected chi connectivity index (χ4v) is 4.35. The van der Waals surface area contributed by atoms with E-state index in [1.807, 2.05) is 0 Å². The van der Waals surface area contributed by atoms with Gasteiger partial charge in [0.1, 0.15) is 11.9 Å². The molecule has 1 aliphatic carbocycles. The van der Waals surface area contributed by atoms with Crippen molar-refractivity contribution in [1.82, 2.24) is 5.32 Å². The van der Waals surface area contributed by atoms with E-state index >= 15 is 0 Å². The summed E-state index contributed by atoms with van der Waals surface area (Å²) < 4.78 is 13.9. The Kier molecular flexibility index (Phi) is 5.46. The molecule has 28 heavy (non-hydrogen) atoms. The lowest BCUT2D eigenvalue weighted by atomic mass is 10.1. The van der Waals surface area contributed by atoms with Gasteiger partial charge in [0.05, 0.1) is 11.4 Å². The minimum atomic E-state index is -0.450. The first-order chi connectivity index (χ1) is 13.5. The number of rotatable bonds is 6. The Bertz CT molecular complexity index is 915. The van der Waals surface area contributed by atoms with Crippen LogP contribution in [-0.2, 0) is 10.5 Å². The largest absolute Gasteiger partial charge is 0.371 e. The second-order valence-electron chi connectivity index (χ2n) is 6.91. The summed E-state index contributed by atoms with van der Waals surface area (Å²) >= 11 is 7.47. The van der Waals surface area contributed by atoms with Crippen LogP contribution in [0.2, 0.25) is 5.02 Å². The summed E-state index contributed by atoms with van der Waals surface area (Å²) in [5.74, 6) is 0.186. The van der Waals surface area contributed by atoms with Crippen LogP contribution in [0.5, 0.6) is 0 Å². The Morgan fingerprint density at radius 1 is 1.25 bits per heavy atom. The minimum absolute atomic E-state index is 0.126. The third-order valence-electron chi connectivity index (χ3n) is 4.69. The van der Waals surface area contributed by atoms with E-state index in [0.29, 0.717) is 33.3 Å². The summed E-state index contributed by atoms with van der Waals surface area (Å²) in [6.07, 6.45) is 2.04. The minimum Gasteiger partial charge on any atom is -0.371 e. The summed E-state index contributed by atoms with van der Waals surface area (Å²) in [4.78, 5) is 24.6. The molecule has 4 rings (SSSR count). The van der Waals surface area contributed by atoms with E-state index in [1.165, 1.54) is 17.8 Å². The number of fused-ring (bicyclic) bond motifs is 1. The maximum Gasteiger partial charge on any atom is 0.251 e. The number of nitrogens with one attached hydrogen (secondary N) is 3. The van der Waals surface area contributed by atoms with Gasteiger partial charge >= 0.3 is 0 Å². The van der Waals surface area contributed by atoms with Gasteiger partial charge in [-0.3, -0.25) is 9.59 Å². The van der Waals surface area contributed by atoms with Gasteiger partial charge in [-0.15, -0.1) is 0 Å². The highest BCUT2D eigenvalue weighted by molar-refractivity contribution is 7.98. The van der Waals surface area contributed by atoms with Crippen molar-refractivity contribution in [3.8, 4) is 0 Å². The Morgan fingerprint density at radius 3 is 2.82 bits per heavy atom. The number of thioether (sulfide) groups is 1. The van der Waals surface area contributed by atoms with E-state index in [1.54, 1.807) is 30.3 Å². The first kappa shape index (κ1) is 19.1. The van der Waals surface area contributed by atoms with Crippen LogP contribution in [0.3, 0.4) is 0 Å². The molecule has 2 aliphatic rings. The van der Waals surface area contributed by atoms with Crippen molar-refractivity contribution >= 4 is 46.6 Å². The molecule has 5 nitrogen and oxygen atoms in total. The topological polar surface area (TPSA) is 70.2 Å². The molecule has 1 saturated carbocycles. The third-order valence-corrected chi connectivity index (χ3v) is 6.11. The summed E-state index contributed by atoms with van der Waals surface area (Å²) in [6, 6.07) is 9.64. The zero-order chi connectivity index (χ0) is 19.7. The van der Waals surface area contributed by atoms with Gasteiger partial charge in [-0.2, -0.15) is 11.8 Å². The van der Waals surface area contributed by atoms with Gasteiger partial charge in [0.15, 0.2) is 0 Å². The number of benzene rings is 2. The summed E-state index contributed by atoms with van der Waals surface area (Å²) in [6.45, 7) is 0. The fourth-order valence-electron chi connectivity index (χ4n) is 2.95. The summed E-state index contributed by atoms with van der Waals surface area (Å²) in [5, 5.41) is 9.36. The Morgan fingerprint density at radius 2 is 2.07 bits per heavy atom. The number of carbonyl (C=O) groups excluding carboxylic acids is 2. The molecule has 2 amide bonds. The molecule has 0 aromatic heterocycles. The number of hydrogen-bond donors (Lipinski definition) is 3. The lowest BCUT2D eigenvalue weighted by Gasteiger charge is -2.27. The molecule has 3 N–H and O–H groups in total. The molecule has 0 radical (unpaired) electrons. The smallest absolute Gasteiger partial charge is 0.251 e. The van der Waals surface area contributed by atoms with Gasteiger partial charge in [0.25, 0.3) is 5.91 Å². The average Bonchev–Trinajstić information content (AvgIpc) is 3.48. The summed E-state index contributed by atoms with van der Waals surface area (Å²) in [7, 11) is 0. The second-order valence-corrected chi connectivity index (χ2v) is 8.35. The maximum atomic E-state index is 13.9. The molecule has 1 aliphatic heterocycles. The van der Waals surface area contributed by atoms with E-state index in [2.05, 4.69) is 16.0 Å². The zero-order valence-electron chi connectivity index (χ0n) is 14.9. The van der Waals surface area contributed by atoms with Crippen molar-refractivity contribution in [2.45, 2.75) is 30.7 Å². The first-order valence-corrected chi connectivity index (χ1v) is 10.6. The van der Waals surface area contributed by atoms with E-state index < -0.39 is 6.04 Å².